The molecular formula is C21H21N3O2. The molecule has 0 atom stereocenters. The zero-order valence-electron chi connectivity index (χ0n) is 14.7. The number of benzene rings is 2. The van der Waals surface area contributed by atoms with Crippen molar-refractivity contribution in [3.63, 3.8) is 0 Å². The molecule has 0 fully saturated rings. The normalized spacial score (nSPS) is 12.7. The Labute approximate surface area is 152 Å². The average Bonchev–Trinajstić information content (AvgIpc) is 3.25. The molecule has 1 aromatic heterocycles. The van der Waals surface area contributed by atoms with Gasteiger partial charge in [-0.3, -0.25) is 4.79 Å². The number of carbonyl (C=O) groups excluding carboxylic acids is 1. The highest BCUT2D eigenvalue weighted by Gasteiger charge is 2.16. The fraction of sp³-hybridized carbons (Fsp3) is 0.238. The zero-order valence-corrected chi connectivity index (χ0v) is 14.7. The van der Waals surface area contributed by atoms with Crippen LogP contribution in [0, 0.1) is 6.92 Å². The maximum Gasteiger partial charge on any atom is 0.262 e. The van der Waals surface area contributed by atoms with E-state index in [0.717, 1.165) is 53.5 Å². The van der Waals surface area contributed by atoms with Gasteiger partial charge in [-0.2, -0.15) is 0 Å². The number of fused-ring (bicyclic) bond motifs is 1. The van der Waals surface area contributed by atoms with Crippen LogP contribution in [0.25, 0.3) is 11.3 Å². The van der Waals surface area contributed by atoms with Crippen LogP contribution < -0.4 is 10.1 Å². The van der Waals surface area contributed by atoms with Crippen molar-refractivity contribution in [3.05, 3.63) is 66.1 Å². The Hall–Kier alpha value is -3.08. The fourth-order valence-electron chi connectivity index (χ4n) is 3.30. The number of para-hydroxylation sites is 1. The standard InChI is InChI=1S/C21H21N3O2/c1-15-6-2-3-9-19(15)26-14-21(25)23-17-8-4-7-16(12-17)18-13-22-20-10-5-11-24(18)20/h2-4,6-9,12-13H,5,10-11,14H2,1H3,(H,23,25). The minimum atomic E-state index is -0.177. The Morgan fingerprint density at radius 2 is 2.12 bits per heavy atom. The molecule has 132 valence electrons. The Balaban J connectivity index is 1.44. The van der Waals surface area contributed by atoms with Crippen molar-refractivity contribution < 1.29 is 9.53 Å². The Kier molecular flexibility index (Phi) is 4.44. The van der Waals surface area contributed by atoms with E-state index >= 15 is 0 Å². The number of hydrogen-bond acceptors (Lipinski definition) is 3. The highest BCUT2D eigenvalue weighted by molar-refractivity contribution is 5.92. The molecule has 1 aliphatic rings. The molecule has 1 amide bonds. The third-order valence-electron chi connectivity index (χ3n) is 4.61. The van der Waals surface area contributed by atoms with E-state index in [-0.39, 0.29) is 12.5 Å². The van der Waals surface area contributed by atoms with Crippen LogP contribution >= 0.6 is 0 Å². The molecule has 26 heavy (non-hydrogen) atoms. The van der Waals surface area contributed by atoms with Gasteiger partial charge in [-0.1, -0.05) is 30.3 Å². The van der Waals surface area contributed by atoms with Gasteiger partial charge in [-0.05, 0) is 37.1 Å². The van der Waals surface area contributed by atoms with Gasteiger partial charge in [-0.25, -0.2) is 4.98 Å². The lowest BCUT2D eigenvalue weighted by atomic mass is 10.1. The number of aryl methyl sites for hydroxylation is 2. The predicted molar refractivity (Wildman–Crippen MR) is 101 cm³/mol. The average molecular weight is 347 g/mol. The lowest BCUT2D eigenvalue weighted by molar-refractivity contribution is -0.118. The van der Waals surface area contributed by atoms with Crippen LogP contribution in [0.2, 0.25) is 0 Å². The predicted octanol–water partition coefficient (Wildman–Crippen LogP) is 3.82. The monoisotopic (exact) mass is 347 g/mol. The molecule has 2 heterocycles. The van der Waals surface area contributed by atoms with E-state index in [1.54, 1.807) is 0 Å². The largest absolute Gasteiger partial charge is 0.483 e. The second kappa shape index (κ2) is 7.04. The summed E-state index contributed by atoms with van der Waals surface area (Å²) in [5, 5.41) is 2.91. The molecular weight excluding hydrogens is 326 g/mol. The minimum absolute atomic E-state index is 0.0167. The van der Waals surface area contributed by atoms with E-state index in [2.05, 4.69) is 14.9 Å². The summed E-state index contributed by atoms with van der Waals surface area (Å²) in [7, 11) is 0. The van der Waals surface area contributed by atoms with Crippen LogP contribution in [0.5, 0.6) is 5.75 Å². The first kappa shape index (κ1) is 16.4. The Morgan fingerprint density at radius 3 is 3.00 bits per heavy atom. The van der Waals surface area contributed by atoms with Crippen molar-refractivity contribution in [2.24, 2.45) is 0 Å². The summed E-state index contributed by atoms with van der Waals surface area (Å²) in [5.74, 6) is 1.69. The number of nitrogens with one attached hydrogen (secondary N) is 1. The molecule has 0 radical (unpaired) electrons. The smallest absolute Gasteiger partial charge is 0.262 e. The maximum atomic E-state index is 12.2. The number of imidazole rings is 1. The van der Waals surface area contributed by atoms with E-state index in [1.165, 1.54) is 0 Å². The van der Waals surface area contributed by atoms with Crippen molar-refractivity contribution in [1.82, 2.24) is 9.55 Å². The van der Waals surface area contributed by atoms with Gasteiger partial charge in [0.05, 0.1) is 11.9 Å². The molecule has 0 bridgehead atoms. The summed E-state index contributed by atoms with van der Waals surface area (Å²) < 4.78 is 7.86. The van der Waals surface area contributed by atoms with Gasteiger partial charge in [0.25, 0.3) is 5.91 Å². The maximum absolute atomic E-state index is 12.2. The van der Waals surface area contributed by atoms with Crippen LogP contribution in [0.1, 0.15) is 17.8 Å². The summed E-state index contributed by atoms with van der Waals surface area (Å²) in [4.78, 5) is 16.7. The van der Waals surface area contributed by atoms with Crippen LogP contribution in [-0.2, 0) is 17.8 Å². The third kappa shape index (κ3) is 3.33. The number of hydrogen-bond donors (Lipinski definition) is 1. The molecule has 1 aliphatic heterocycles. The van der Waals surface area contributed by atoms with Crippen molar-refractivity contribution in [1.29, 1.82) is 0 Å². The van der Waals surface area contributed by atoms with Crippen LogP contribution in [-0.4, -0.2) is 22.1 Å². The van der Waals surface area contributed by atoms with E-state index in [0.29, 0.717) is 0 Å². The van der Waals surface area contributed by atoms with E-state index < -0.39 is 0 Å². The summed E-state index contributed by atoms with van der Waals surface area (Å²) >= 11 is 0. The van der Waals surface area contributed by atoms with Gasteiger partial charge < -0.3 is 14.6 Å². The van der Waals surface area contributed by atoms with Crippen LogP contribution in [0.15, 0.2) is 54.7 Å². The van der Waals surface area contributed by atoms with Crippen molar-refractivity contribution in [2.45, 2.75) is 26.3 Å². The lowest BCUT2D eigenvalue weighted by Crippen LogP contribution is -2.20. The molecule has 4 rings (SSSR count). The number of aromatic nitrogens is 2. The van der Waals surface area contributed by atoms with E-state index in [4.69, 9.17) is 4.74 Å². The second-order valence-corrected chi connectivity index (χ2v) is 6.50. The number of carbonyl (C=O) groups is 1. The highest BCUT2D eigenvalue weighted by Crippen LogP contribution is 2.27. The topological polar surface area (TPSA) is 56.1 Å². The fourth-order valence-corrected chi connectivity index (χ4v) is 3.30. The number of ether oxygens (including phenoxy) is 1. The SMILES string of the molecule is Cc1ccccc1OCC(=O)Nc1cccc(-c2cnc3n2CCC3)c1. The highest BCUT2D eigenvalue weighted by atomic mass is 16.5. The van der Waals surface area contributed by atoms with Gasteiger partial charge >= 0.3 is 0 Å². The molecule has 5 heteroatoms. The third-order valence-corrected chi connectivity index (χ3v) is 4.61. The van der Waals surface area contributed by atoms with Gasteiger partial charge in [0, 0.05) is 24.2 Å². The molecule has 5 nitrogen and oxygen atoms in total. The minimum Gasteiger partial charge on any atom is -0.483 e. The first-order chi connectivity index (χ1) is 12.7. The molecule has 0 saturated carbocycles. The summed E-state index contributed by atoms with van der Waals surface area (Å²) in [6.07, 6.45) is 4.09. The quantitative estimate of drug-likeness (QED) is 0.763. The van der Waals surface area contributed by atoms with E-state index in [9.17, 15) is 4.79 Å². The molecule has 0 saturated heterocycles. The van der Waals surface area contributed by atoms with Crippen LogP contribution in [0.4, 0.5) is 5.69 Å². The van der Waals surface area contributed by atoms with Gasteiger partial charge in [0.15, 0.2) is 6.61 Å². The van der Waals surface area contributed by atoms with Gasteiger partial charge in [-0.15, -0.1) is 0 Å². The molecule has 0 aliphatic carbocycles. The molecule has 2 aromatic carbocycles. The number of amides is 1. The Bertz CT molecular complexity index is 946. The summed E-state index contributed by atoms with van der Waals surface area (Å²) in [5.41, 5.74) is 3.93. The number of nitrogens with zero attached hydrogens (tertiary/aromatic N) is 2. The summed E-state index contributed by atoms with van der Waals surface area (Å²) in [6, 6.07) is 15.5. The van der Waals surface area contributed by atoms with Gasteiger partial charge in [0.2, 0.25) is 0 Å². The number of rotatable bonds is 5. The zero-order chi connectivity index (χ0) is 17.9. The summed E-state index contributed by atoms with van der Waals surface area (Å²) in [6.45, 7) is 2.95. The molecule has 0 spiro atoms. The van der Waals surface area contributed by atoms with Crippen LogP contribution in [0.3, 0.4) is 0 Å². The van der Waals surface area contributed by atoms with E-state index in [1.807, 2.05) is 61.7 Å². The van der Waals surface area contributed by atoms with Crippen molar-refractivity contribution in [2.75, 3.05) is 11.9 Å². The second-order valence-electron chi connectivity index (χ2n) is 6.50. The molecule has 0 unspecified atom stereocenters. The van der Waals surface area contributed by atoms with Crippen molar-refractivity contribution >= 4 is 11.6 Å². The molecule has 1 N–H and O–H groups in total. The first-order valence-corrected chi connectivity index (χ1v) is 8.84. The Morgan fingerprint density at radius 1 is 1.23 bits per heavy atom. The lowest BCUT2D eigenvalue weighted by Gasteiger charge is -2.11. The molecule has 3 aromatic rings. The number of anilines is 1. The first-order valence-electron chi connectivity index (χ1n) is 8.84. The van der Waals surface area contributed by atoms with Gasteiger partial charge in [0.1, 0.15) is 11.6 Å². The van der Waals surface area contributed by atoms with Crippen molar-refractivity contribution in [3.8, 4) is 17.0 Å².